The molecule has 0 radical (unpaired) electrons. The molecule has 0 spiro atoms. The van der Waals surface area contributed by atoms with E-state index in [1.165, 1.54) is 33.8 Å². The van der Waals surface area contributed by atoms with Crippen LogP contribution in [0.4, 0.5) is 17.6 Å². The van der Waals surface area contributed by atoms with Crippen LogP contribution in [-0.4, -0.2) is 80.1 Å². The number of imidazole rings is 1. The number of alkyl halides is 3. The zero-order valence-electron chi connectivity index (χ0n) is 21.2. The number of halogens is 4. The highest BCUT2D eigenvalue weighted by Gasteiger charge is 2.37. The molecule has 0 N–H and O–H groups in total. The third-order valence-electron chi connectivity index (χ3n) is 6.41. The molecule has 9 nitrogen and oxygen atoms in total. The molecule has 1 aliphatic heterocycles. The largest absolute Gasteiger partial charge is 0.573 e. The molecule has 0 unspecified atom stereocenters. The number of amides is 1. The molecule has 204 valence electrons. The summed E-state index contributed by atoms with van der Waals surface area (Å²) in [4.78, 5) is 24.5. The number of hydrogen-bond acceptors (Lipinski definition) is 6. The van der Waals surface area contributed by atoms with E-state index >= 15 is 0 Å². The number of benzene rings is 1. The number of pyridine rings is 1. The van der Waals surface area contributed by atoms with E-state index in [1.807, 2.05) is 30.9 Å². The molecule has 0 bridgehead atoms. The Kier molecular flexibility index (Phi) is 6.85. The summed E-state index contributed by atoms with van der Waals surface area (Å²) < 4.78 is 58.8. The second-order valence-electron chi connectivity index (χ2n) is 9.51. The Bertz CT molecular complexity index is 1520. The Morgan fingerprint density at radius 1 is 1.15 bits per heavy atom. The normalized spacial score (nSPS) is 14.2. The van der Waals surface area contributed by atoms with Crippen LogP contribution in [0.1, 0.15) is 11.6 Å². The number of nitrogens with zero attached hydrogens (tertiary/aromatic N) is 7. The molecule has 3 aromatic heterocycles. The fourth-order valence-corrected chi connectivity index (χ4v) is 4.46. The molecule has 39 heavy (non-hydrogen) atoms. The van der Waals surface area contributed by atoms with Crippen LogP contribution < -0.4 is 4.74 Å². The number of carbonyl (C=O) groups excluding carboxylic acids is 1. The van der Waals surface area contributed by atoms with Gasteiger partial charge in [-0.3, -0.25) is 4.79 Å². The zero-order chi connectivity index (χ0) is 27.9. The number of hydrogen-bond donors (Lipinski definition) is 0. The van der Waals surface area contributed by atoms with Gasteiger partial charge in [0.1, 0.15) is 5.75 Å². The van der Waals surface area contributed by atoms with Crippen molar-refractivity contribution in [3.8, 4) is 22.7 Å². The van der Waals surface area contributed by atoms with Gasteiger partial charge in [0.15, 0.2) is 11.5 Å². The van der Waals surface area contributed by atoms with Crippen LogP contribution in [0.5, 0.6) is 5.75 Å². The highest BCUT2D eigenvalue weighted by molar-refractivity contribution is 5.96. The molecule has 1 amide bonds. The van der Waals surface area contributed by atoms with E-state index in [0.29, 0.717) is 28.1 Å². The standard InChI is InChI=1S/C26H25F4N7O2/c1-16(27)25(38)36-12-17(13-36)23-22-20(21-14-35(15-32-21)11-10-34(2)3)8-9-31-24(22)37(33-23)18-4-6-19(7-5-18)39-26(28,29)30/h4-9,14-15,17H,1,10-13H2,2-3H3. The summed E-state index contributed by atoms with van der Waals surface area (Å²) in [6.07, 6.45) is 0.471. The van der Waals surface area contributed by atoms with Crippen LogP contribution in [0.2, 0.25) is 0 Å². The lowest BCUT2D eigenvalue weighted by Gasteiger charge is -2.38. The summed E-state index contributed by atoms with van der Waals surface area (Å²) in [7, 11) is 3.97. The van der Waals surface area contributed by atoms with Crippen LogP contribution in [0.3, 0.4) is 0 Å². The number of ether oxygens (including phenoxy) is 1. The minimum absolute atomic E-state index is 0.219. The lowest BCUT2D eigenvalue weighted by Crippen LogP contribution is -2.48. The first-order valence-corrected chi connectivity index (χ1v) is 12.0. The topological polar surface area (TPSA) is 81.3 Å². The van der Waals surface area contributed by atoms with Gasteiger partial charge < -0.3 is 19.1 Å². The number of aromatic nitrogens is 5. The van der Waals surface area contributed by atoms with Crippen LogP contribution in [0.25, 0.3) is 28.0 Å². The molecule has 1 aliphatic rings. The molecule has 1 saturated heterocycles. The zero-order valence-corrected chi connectivity index (χ0v) is 21.2. The molecular formula is C26H25F4N7O2. The highest BCUT2D eigenvalue weighted by atomic mass is 19.4. The number of rotatable bonds is 8. The van der Waals surface area contributed by atoms with E-state index < -0.39 is 18.1 Å². The van der Waals surface area contributed by atoms with E-state index in [-0.39, 0.29) is 24.8 Å². The second-order valence-corrected chi connectivity index (χ2v) is 9.51. The maximum atomic E-state index is 13.4. The lowest BCUT2D eigenvalue weighted by atomic mass is 9.92. The highest BCUT2D eigenvalue weighted by Crippen LogP contribution is 2.38. The first kappa shape index (κ1) is 26.4. The Morgan fingerprint density at radius 2 is 1.87 bits per heavy atom. The first-order valence-electron chi connectivity index (χ1n) is 12.0. The Balaban J connectivity index is 1.56. The van der Waals surface area contributed by atoms with Gasteiger partial charge in [-0.2, -0.15) is 5.10 Å². The van der Waals surface area contributed by atoms with Crippen molar-refractivity contribution in [3.05, 3.63) is 67.2 Å². The third kappa shape index (κ3) is 5.48. The maximum Gasteiger partial charge on any atom is 0.573 e. The van der Waals surface area contributed by atoms with E-state index in [1.54, 1.807) is 12.5 Å². The van der Waals surface area contributed by atoms with Crippen molar-refractivity contribution in [2.75, 3.05) is 33.7 Å². The molecular weight excluding hydrogens is 518 g/mol. The SMILES string of the molecule is C=C(F)C(=O)N1CC(c2nn(-c3ccc(OC(F)(F)F)cc3)c3nccc(-c4cn(CCN(C)C)cn4)c23)C1. The van der Waals surface area contributed by atoms with E-state index in [2.05, 4.69) is 26.2 Å². The number of likely N-dealkylation sites (tertiary alicyclic amines) is 1. The molecule has 4 aromatic rings. The predicted octanol–water partition coefficient (Wildman–Crippen LogP) is 4.15. The van der Waals surface area contributed by atoms with Gasteiger partial charge in [0.25, 0.3) is 5.91 Å². The van der Waals surface area contributed by atoms with Crippen LogP contribution in [0, 0.1) is 0 Å². The fourth-order valence-electron chi connectivity index (χ4n) is 4.46. The van der Waals surface area contributed by atoms with Gasteiger partial charge in [-0.05, 0) is 44.4 Å². The molecule has 0 saturated carbocycles. The van der Waals surface area contributed by atoms with Gasteiger partial charge in [0, 0.05) is 50.1 Å². The summed E-state index contributed by atoms with van der Waals surface area (Å²) in [5.74, 6) is -2.38. The summed E-state index contributed by atoms with van der Waals surface area (Å²) >= 11 is 0. The summed E-state index contributed by atoms with van der Waals surface area (Å²) in [6, 6.07) is 7.12. The van der Waals surface area contributed by atoms with Crippen molar-refractivity contribution in [2.45, 2.75) is 18.8 Å². The van der Waals surface area contributed by atoms with Crippen LogP contribution in [-0.2, 0) is 11.3 Å². The Hall–Kier alpha value is -4.26. The summed E-state index contributed by atoms with van der Waals surface area (Å²) in [6.45, 7) is 5.11. The van der Waals surface area contributed by atoms with Crippen molar-refractivity contribution >= 4 is 16.9 Å². The van der Waals surface area contributed by atoms with E-state index in [9.17, 15) is 22.4 Å². The maximum absolute atomic E-state index is 13.4. The fraction of sp³-hybridized carbons (Fsp3) is 0.308. The van der Waals surface area contributed by atoms with Crippen LogP contribution in [0.15, 0.2) is 61.5 Å². The van der Waals surface area contributed by atoms with Gasteiger partial charge in [-0.1, -0.05) is 6.58 Å². The van der Waals surface area contributed by atoms with Gasteiger partial charge in [-0.15, -0.1) is 13.2 Å². The van der Waals surface area contributed by atoms with E-state index in [4.69, 9.17) is 5.10 Å². The molecule has 5 rings (SSSR count). The quantitative estimate of drug-likeness (QED) is 0.245. The van der Waals surface area contributed by atoms with Crippen LogP contribution >= 0.6 is 0 Å². The third-order valence-corrected chi connectivity index (χ3v) is 6.41. The lowest BCUT2D eigenvalue weighted by molar-refractivity contribution is -0.274. The monoisotopic (exact) mass is 543 g/mol. The minimum atomic E-state index is -4.81. The second kappa shape index (κ2) is 10.1. The summed E-state index contributed by atoms with van der Waals surface area (Å²) in [5, 5.41) is 5.47. The smallest absolute Gasteiger partial charge is 0.406 e. The molecule has 13 heteroatoms. The molecule has 0 aliphatic carbocycles. The average molecular weight is 544 g/mol. The molecule has 4 heterocycles. The van der Waals surface area contributed by atoms with Crippen molar-refractivity contribution in [1.29, 1.82) is 0 Å². The van der Waals surface area contributed by atoms with Crippen molar-refractivity contribution < 1.29 is 27.1 Å². The molecule has 1 fully saturated rings. The minimum Gasteiger partial charge on any atom is -0.406 e. The Labute approximate surface area is 220 Å². The Morgan fingerprint density at radius 3 is 2.51 bits per heavy atom. The van der Waals surface area contributed by atoms with Gasteiger partial charge in [0.05, 0.1) is 28.8 Å². The molecule has 0 atom stereocenters. The first-order chi connectivity index (χ1) is 18.5. The molecule has 1 aromatic carbocycles. The van der Waals surface area contributed by atoms with Crippen molar-refractivity contribution in [1.82, 2.24) is 34.1 Å². The summed E-state index contributed by atoms with van der Waals surface area (Å²) in [5.41, 5.74) is 3.02. The number of fused-ring (bicyclic) bond motifs is 1. The van der Waals surface area contributed by atoms with Gasteiger partial charge >= 0.3 is 6.36 Å². The van der Waals surface area contributed by atoms with Crippen molar-refractivity contribution in [3.63, 3.8) is 0 Å². The number of carbonyl (C=O) groups is 1. The van der Waals surface area contributed by atoms with E-state index in [0.717, 1.165) is 18.7 Å². The van der Waals surface area contributed by atoms with Gasteiger partial charge in [0.2, 0.25) is 0 Å². The predicted molar refractivity (Wildman–Crippen MR) is 135 cm³/mol. The average Bonchev–Trinajstić information content (AvgIpc) is 3.47. The van der Waals surface area contributed by atoms with Crippen molar-refractivity contribution in [2.24, 2.45) is 0 Å². The number of likely N-dealkylation sites (N-methyl/N-ethyl adjacent to an activating group) is 1. The van der Waals surface area contributed by atoms with Gasteiger partial charge in [-0.25, -0.2) is 19.0 Å².